The molecular weight excluding hydrogens is 462 g/mol. The summed E-state index contributed by atoms with van der Waals surface area (Å²) in [5.74, 6) is -1.22. The first-order valence-corrected chi connectivity index (χ1v) is 12.3. The quantitative estimate of drug-likeness (QED) is 0.367. The summed E-state index contributed by atoms with van der Waals surface area (Å²) in [6, 6.07) is 12.8. The summed E-state index contributed by atoms with van der Waals surface area (Å²) in [6.45, 7) is 2.85. The van der Waals surface area contributed by atoms with Gasteiger partial charge in [-0.15, -0.1) is 0 Å². The average molecular weight is 488 g/mol. The van der Waals surface area contributed by atoms with Crippen molar-refractivity contribution >= 4 is 33.0 Å². The number of hydrogen-bond donors (Lipinski definition) is 0. The summed E-state index contributed by atoms with van der Waals surface area (Å²) in [5.41, 5.74) is 1.28. The predicted octanol–water partition coefficient (Wildman–Crippen LogP) is 1.69. The number of piperazine rings is 1. The van der Waals surface area contributed by atoms with Gasteiger partial charge in [-0.2, -0.15) is 4.31 Å². The molecule has 0 spiro atoms. The number of rotatable bonds is 7. The molecule has 10 nitrogen and oxygen atoms in total. The fourth-order valence-corrected chi connectivity index (χ4v) is 5.34. The molecule has 0 N–H and O–H groups in total. The zero-order valence-electron chi connectivity index (χ0n) is 18.7. The lowest BCUT2D eigenvalue weighted by Gasteiger charge is -2.33. The van der Waals surface area contributed by atoms with E-state index in [9.17, 15) is 22.8 Å². The standard InChI is InChI=1S/C23H25N3O7S/c1-17(27)24-11-13-25(14-12-24)34(30,31)19-7-4-6-18(16-19)22(28)32-15-5-10-26-20-8-2-3-9-21(20)33-23(26)29/h2-4,6-9,16H,5,10-15H2,1H3. The molecule has 11 heteroatoms. The van der Waals surface area contributed by atoms with Gasteiger partial charge in [0.05, 0.1) is 22.6 Å². The van der Waals surface area contributed by atoms with Gasteiger partial charge in [-0.1, -0.05) is 18.2 Å². The van der Waals surface area contributed by atoms with Crippen molar-refractivity contribution in [2.45, 2.75) is 24.8 Å². The molecule has 0 radical (unpaired) electrons. The number of aryl methyl sites for hydroxylation is 1. The van der Waals surface area contributed by atoms with Crippen LogP contribution in [0.3, 0.4) is 0 Å². The normalized spacial score (nSPS) is 14.9. The Balaban J connectivity index is 1.36. The van der Waals surface area contributed by atoms with Crippen LogP contribution in [0.15, 0.2) is 62.6 Å². The number of aromatic nitrogens is 1. The van der Waals surface area contributed by atoms with E-state index in [4.69, 9.17) is 9.15 Å². The molecule has 1 fully saturated rings. The van der Waals surface area contributed by atoms with E-state index >= 15 is 0 Å². The molecule has 4 rings (SSSR count). The second kappa shape index (κ2) is 9.82. The Morgan fingerprint density at radius 2 is 1.76 bits per heavy atom. The highest BCUT2D eigenvalue weighted by molar-refractivity contribution is 7.89. The van der Waals surface area contributed by atoms with Gasteiger partial charge in [-0.3, -0.25) is 9.36 Å². The van der Waals surface area contributed by atoms with Gasteiger partial charge in [-0.25, -0.2) is 18.0 Å². The lowest BCUT2D eigenvalue weighted by atomic mass is 10.2. The minimum atomic E-state index is -3.81. The van der Waals surface area contributed by atoms with Crippen molar-refractivity contribution in [3.8, 4) is 0 Å². The van der Waals surface area contributed by atoms with Crippen LogP contribution in [0, 0.1) is 0 Å². The Morgan fingerprint density at radius 3 is 2.50 bits per heavy atom. The van der Waals surface area contributed by atoms with Gasteiger partial charge in [-0.05, 0) is 36.8 Å². The highest BCUT2D eigenvalue weighted by Crippen LogP contribution is 2.20. The third-order valence-corrected chi connectivity index (χ3v) is 7.62. The van der Waals surface area contributed by atoms with Crippen LogP contribution in [0.4, 0.5) is 0 Å². The van der Waals surface area contributed by atoms with Gasteiger partial charge < -0.3 is 14.1 Å². The number of para-hydroxylation sites is 2. The van der Waals surface area contributed by atoms with Crippen molar-refractivity contribution in [3.05, 3.63) is 64.6 Å². The lowest BCUT2D eigenvalue weighted by molar-refractivity contribution is -0.129. The molecule has 34 heavy (non-hydrogen) atoms. The first kappa shape index (κ1) is 23.7. The first-order valence-electron chi connectivity index (χ1n) is 10.9. The van der Waals surface area contributed by atoms with Crippen molar-refractivity contribution in [1.29, 1.82) is 0 Å². The second-order valence-electron chi connectivity index (χ2n) is 7.91. The van der Waals surface area contributed by atoms with Crippen LogP contribution in [0.25, 0.3) is 11.1 Å². The molecule has 1 saturated heterocycles. The van der Waals surface area contributed by atoms with Gasteiger partial charge in [0.25, 0.3) is 0 Å². The summed E-state index contributed by atoms with van der Waals surface area (Å²) in [6.07, 6.45) is 0.383. The summed E-state index contributed by atoms with van der Waals surface area (Å²) >= 11 is 0. The van der Waals surface area contributed by atoms with E-state index in [-0.39, 0.29) is 36.1 Å². The Bertz CT molecular complexity index is 1370. The number of oxazole rings is 1. The minimum absolute atomic E-state index is 0.00496. The molecule has 2 aromatic carbocycles. The van der Waals surface area contributed by atoms with Gasteiger partial charge in [0, 0.05) is 39.6 Å². The number of sulfonamides is 1. The third kappa shape index (κ3) is 4.90. The number of ether oxygens (including phenoxy) is 1. The van der Waals surface area contributed by atoms with Gasteiger partial charge in [0.2, 0.25) is 15.9 Å². The van der Waals surface area contributed by atoms with Crippen LogP contribution >= 0.6 is 0 Å². The average Bonchev–Trinajstić information content (AvgIpc) is 3.16. The molecule has 1 aliphatic rings. The molecule has 0 unspecified atom stereocenters. The molecule has 180 valence electrons. The van der Waals surface area contributed by atoms with E-state index in [0.29, 0.717) is 37.2 Å². The van der Waals surface area contributed by atoms with Crippen LogP contribution in [0.5, 0.6) is 0 Å². The van der Waals surface area contributed by atoms with Crippen LogP contribution < -0.4 is 5.76 Å². The van der Waals surface area contributed by atoms with E-state index < -0.39 is 21.7 Å². The summed E-state index contributed by atoms with van der Waals surface area (Å²) in [4.78, 5) is 37.6. The Morgan fingerprint density at radius 1 is 1.03 bits per heavy atom. The summed E-state index contributed by atoms with van der Waals surface area (Å²) < 4.78 is 39.3. The molecule has 1 amide bonds. The maximum absolute atomic E-state index is 13.0. The summed E-state index contributed by atoms with van der Waals surface area (Å²) in [7, 11) is -3.81. The van der Waals surface area contributed by atoms with Gasteiger partial charge >= 0.3 is 11.7 Å². The molecule has 0 bridgehead atoms. The van der Waals surface area contributed by atoms with E-state index in [1.165, 1.54) is 40.1 Å². The number of carbonyl (C=O) groups is 2. The Kier molecular flexibility index (Phi) is 6.85. The molecule has 0 atom stereocenters. The molecule has 1 aliphatic heterocycles. The molecule has 3 aromatic rings. The SMILES string of the molecule is CC(=O)N1CCN(S(=O)(=O)c2cccc(C(=O)OCCCn3c(=O)oc4ccccc43)c2)CC1. The molecule has 1 aromatic heterocycles. The van der Waals surface area contributed by atoms with Crippen LogP contribution in [0.2, 0.25) is 0 Å². The number of hydrogen-bond acceptors (Lipinski definition) is 7. The predicted molar refractivity (Wildman–Crippen MR) is 123 cm³/mol. The fourth-order valence-electron chi connectivity index (χ4n) is 3.87. The number of nitrogens with zero attached hydrogens (tertiary/aromatic N) is 3. The smallest absolute Gasteiger partial charge is 0.419 e. The van der Waals surface area contributed by atoms with E-state index in [1.54, 1.807) is 29.2 Å². The highest BCUT2D eigenvalue weighted by atomic mass is 32.2. The van der Waals surface area contributed by atoms with Crippen LogP contribution in [-0.4, -0.2) is 66.9 Å². The maximum Gasteiger partial charge on any atom is 0.419 e. The number of benzene rings is 2. The van der Waals surface area contributed by atoms with Crippen molar-refractivity contribution in [2.24, 2.45) is 0 Å². The third-order valence-electron chi connectivity index (χ3n) is 5.72. The van der Waals surface area contributed by atoms with Crippen LogP contribution in [0.1, 0.15) is 23.7 Å². The zero-order valence-corrected chi connectivity index (χ0v) is 19.5. The monoisotopic (exact) mass is 487 g/mol. The Hall–Kier alpha value is -3.44. The highest BCUT2D eigenvalue weighted by Gasteiger charge is 2.29. The van der Waals surface area contributed by atoms with Crippen LogP contribution in [-0.2, 0) is 26.1 Å². The topological polar surface area (TPSA) is 119 Å². The van der Waals surface area contributed by atoms with Gasteiger partial charge in [0.1, 0.15) is 0 Å². The van der Waals surface area contributed by atoms with Crippen molar-refractivity contribution in [2.75, 3.05) is 32.8 Å². The number of amides is 1. The molecular formula is C23H25N3O7S. The number of esters is 1. The Labute approximate surface area is 196 Å². The van der Waals surface area contributed by atoms with Crippen molar-refractivity contribution < 1.29 is 27.2 Å². The minimum Gasteiger partial charge on any atom is -0.462 e. The van der Waals surface area contributed by atoms with Crippen molar-refractivity contribution in [3.63, 3.8) is 0 Å². The number of fused-ring (bicyclic) bond motifs is 1. The summed E-state index contributed by atoms with van der Waals surface area (Å²) in [5, 5.41) is 0. The number of carbonyl (C=O) groups excluding carboxylic acids is 2. The second-order valence-corrected chi connectivity index (χ2v) is 9.85. The first-order chi connectivity index (χ1) is 16.3. The van der Waals surface area contributed by atoms with Gasteiger partial charge in [0.15, 0.2) is 5.58 Å². The fraction of sp³-hybridized carbons (Fsp3) is 0.348. The molecule has 0 aliphatic carbocycles. The molecule has 2 heterocycles. The van der Waals surface area contributed by atoms with Crippen molar-refractivity contribution in [1.82, 2.24) is 13.8 Å². The zero-order chi connectivity index (χ0) is 24.3. The van der Waals surface area contributed by atoms with E-state index in [2.05, 4.69) is 0 Å². The van der Waals surface area contributed by atoms with E-state index in [1.807, 2.05) is 0 Å². The largest absolute Gasteiger partial charge is 0.462 e. The van der Waals surface area contributed by atoms with E-state index in [0.717, 1.165) is 0 Å². The molecule has 0 saturated carbocycles. The maximum atomic E-state index is 13.0. The lowest BCUT2D eigenvalue weighted by Crippen LogP contribution is -2.49.